The minimum atomic E-state index is -3.56. The standard InChI is InChI=1S/C19H28N4O5S/c1-2-29(27,28)20-17-6-5-15(13-16(17)19(25)26)22-11-9-21(10-12-22)14-18(24)23-7-3-4-8-23/h5-6,13,20H,2-4,7-12,14H2,1H3,(H,25,26). The number of hydrogen-bond donors (Lipinski definition) is 2. The van der Waals surface area contributed by atoms with Crippen molar-refractivity contribution in [1.29, 1.82) is 0 Å². The molecular weight excluding hydrogens is 396 g/mol. The molecule has 2 aliphatic rings. The van der Waals surface area contributed by atoms with Gasteiger partial charge in [0.05, 0.1) is 23.5 Å². The van der Waals surface area contributed by atoms with Gasteiger partial charge in [0.15, 0.2) is 0 Å². The van der Waals surface area contributed by atoms with E-state index in [0.717, 1.165) is 31.6 Å². The van der Waals surface area contributed by atoms with E-state index >= 15 is 0 Å². The number of anilines is 2. The van der Waals surface area contributed by atoms with E-state index in [0.29, 0.717) is 32.7 Å². The molecule has 0 radical (unpaired) electrons. The van der Waals surface area contributed by atoms with Crippen LogP contribution in [0.5, 0.6) is 0 Å². The average molecular weight is 425 g/mol. The molecule has 160 valence electrons. The van der Waals surface area contributed by atoms with E-state index < -0.39 is 16.0 Å². The summed E-state index contributed by atoms with van der Waals surface area (Å²) in [4.78, 5) is 30.0. The third-order valence-corrected chi connectivity index (χ3v) is 6.73. The molecule has 2 saturated heterocycles. The zero-order valence-corrected chi connectivity index (χ0v) is 17.4. The van der Waals surface area contributed by atoms with E-state index in [1.165, 1.54) is 19.1 Å². The second kappa shape index (κ2) is 9.00. The Bertz CT molecular complexity index is 859. The highest BCUT2D eigenvalue weighted by atomic mass is 32.2. The van der Waals surface area contributed by atoms with Gasteiger partial charge in [0.1, 0.15) is 0 Å². The highest BCUT2D eigenvalue weighted by molar-refractivity contribution is 7.92. The predicted octanol–water partition coefficient (Wildman–Crippen LogP) is 0.891. The van der Waals surface area contributed by atoms with E-state index in [1.807, 2.05) is 4.90 Å². The predicted molar refractivity (Wildman–Crippen MR) is 111 cm³/mol. The lowest BCUT2D eigenvalue weighted by atomic mass is 10.1. The van der Waals surface area contributed by atoms with Crippen LogP contribution in [0.2, 0.25) is 0 Å². The number of aromatic carboxylic acids is 1. The summed E-state index contributed by atoms with van der Waals surface area (Å²) in [5.41, 5.74) is 0.719. The molecular formula is C19H28N4O5S. The summed E-state index contributed by atoms with van der Waals surface area (Å²) in [7, 11) is -3.56. The fourth-order valence-corrected chi connectivity index (χ4v) is 4.31. The van der Waals surface area contributed by atoms with Crippen LogP contribution in [0.25, 0.3) is 0 Å². The number of nitrogens with one attached hydrogen (secondary N) is 1. The van der Waals surface area contributed by atoms with Gasteiger partial charge in [0, 0.05) is 45.0 Å². The summed E-state index contributed by atoms with van der Waals surface area (Å²) in [5, 5.41) is 9.50. The Balaban J connectivity index is 1.63. The van der Waals surface area contributed by atoms with Crippen molar-refractivity contribution in [2.24, 2.45) is 0 Å². The van der Waals surface area contributed by atoms with Crippen LogP contribution in [0.3, 0.4) is 0 Å². The molecule has 2 fully saturated rings. The van der Waals surface area contributed by atoms with E-state index in [-0.39, 0.29) is 22.9 Å². The highest BCUT2D eigenvalue weighted by Crippen LogP contribution is 2.25. The quantitative estimate of drug-likeness (QED) is 0.669. The zero-order chi connectivity index (χ0) is 21.0. The molecule has 29 heavy (non-hydrogen) atoms. The van der Waals surface area contributed by atoms with Gasteiger partial charge in [-0.3, -0.25) is 14.4 Å². The van der Waals surface area contributed by atoms with Crippen LogP contribution in [-0.4, -0.2) is 86.8 Å². The molecule has 2 aliphatic heterocycles. The van der Waals surface area contributed by atoms with E-state index in [2.05, 4.69) is 14.5 Å². The summed E-state index contributed by atoms with van der Waals surface area (Å²) >= 11 is 0. The summed E-state index contributed by atoms with van der Waals surface area (Å²) in [6.07, 6.45) is 2.16. The van der Waals surface area contributed by atoms with Crippen LogP contribution in [-0.2, 0) is 14.8 Å². The number of carbonyl (C=O) groups excluding carboxylic acids is 1. The molecule has 2 N–H and O–H groups in total. The number of carboxylic acids is 1. The second-order valence-electron chi connectivity index (χ2n) is 7.39. The van der Waals surface area contributed by atoms with Crippen LogP contribution in [0.15, 0.2) is 18.2 Å². The van der Waals surface area contributed by atoms with Crippen LogP contribution < -0.4 is 9.62 Å². The van der Waals surface area contributed by atoms with Gasteiger partial charge in [-0.1, -0.05) is 0 Å². The Hall–Kier alpha value is -2.33. The number of sulfonamides is 1. The first-order valence-corrected chi connectivity index (χ1v) is 11.6. The third-order valence-electron chi connectivity index (χ3n) is 5.43. The molecule has 0 unspecified atom stereocenters. The maximum Gasteiger partial charge on any atom is 0.337 e. The van der Waals surface area contributed by atoms with Gasteiger partial charge in [-0.25, -0.2) is 13.2 Å². The lowest BCUT2D eigenvalue weighted by molar-refractivity contribution is -0.131. The van der Waals surface area contributed by atoms with Crippen molar-refractivity contribution in [2.75, 3.05) is 61.2 Å². The molecule has 0 spiro atoms. The summed E-state index contributed by atoms with van der Waals surface area (Å²) < 4.78 is 25.9. The fourth-order valence-electron chi connectivity index (χ4n) is 3.66. The van der Waals surface area contributed by atoms with Crippen molar-refractivity contribution in [2.45, 2.75) is 19.8 Å². The number of carboxylic acid groups (broad SMARTS) is 1. The molecule has 0 atom stereocenters. The molecule has 0 saturated carbocycles. The van der Waals surface area contributed by atoms with Crippen molar-refractivity contribution in [3.8, 4) is 0 Å². The number of nitrogens with zero attached hydrogens (tertiary/aromatic N) is 3. The molecule has 0 aliphatic carbocycles. The Labute approximate surface area is 171 Å². The van der Waals surface area contributed by atoms with Gasteiger partial charge in [-0.2, -0.15) is 0 Å². The van der Waals surface area contributed by atoms with E-state index in [9.17, 15) is 23.1 Å². The Morgan fingerprint density at radius 1 is 1.07 bits per heavy atom. The number of amides is 1. The van der Waals surface area contributed by atoms with Crippen LogP contribution in [0, 0.1) is 0 Å². The lowest BCUT2D eigenvalue weighted by Crippen LogP contribution is -2.49. The largest absolute Gasteiger partial charge is 0.478 e. The normalized spacial score (nSPS) is 18.1. The van der Waals surface area contributed by atoms with Crippen molar-refractivity contribution in [3.05, 3.63) is 23.8 Å². The third kappa shape index (κ3) is 5.39. The minimum Gasteiger partial charge on any atom is -0.478 e. The van der Waals surface area contributed by atoms with Crippen LogP contribution in [0.4, 0.5) is 11.4 Å². The number of rotatable bonds is 7. The van der Waals surface area contributed by atoms with Crippen molar-refractivity contribution in [3.63, 3.8) is 0 Å². The fraction of sp³-hybridized carbons (Fsp3) is 0.579. The zero-order valence-electron chi connectivity index (χ0n) is 16.6. The van der Waals surface area contributed by atoms with Gasteiger partial charge in [0.2, 0.25) is 15.9 Å². The first kappa shape index (κ1) is 21.4. The van der Waals surface area contributed by atoms with Crippen molar-refractivity contribution in [1.82, 2.24) is 9.80 Å². The number of piperazine rings is 1. The summed E-state index contributed by atoms with van der Waals surface area (Å²) in [6.45, 7) is 6.39. The van der Waals surface area contributed by atoms with E-state index in [1.54, 1.807) is 6.07 Å². The molecule has 1 aromatic rings. The molecule has 3 rings (SSSR count). The maximum atomic E-state index is 12.3. The van der Waals surface area contributed by atoms with Crippen LogP contribution >= 0.6 is 0 Å². The first-order chi connectivity index (χ1) is 13.8. The topological polar surface area (TPSA) is 110 Å². The molecule has 10 heteroatoms. The number of likely N-dealkylation sites (tertiary alicyclic amines) is 1. The lowest BCUT2D eigenvalue weighted by Gasteiger charge is -2.36. The van der Waals surface area contributed by atoms with E-state index in [4.69, 9.17) is 0 Å². The SMILES string of the molecule is CCS(=O)(=O)Nc1ccc(N2CCN(CC(=O)N3CCCC3)CC2)cc1C(=O)O. The summed E-state index contributed by atoms with van der Waals surface area (Å²) in [6, 6.07) is 4.72. The molecule has 2 heterocycles. The number of hydrogen-bond acceptors (Lipinski definition) is 6. The smallest absolute Gasteiger partial charge is 0.337 e. The number of benzene rings is 1. The average Bonchev–Trinajstić information content (AvgIpc) is 3.23. The van der Waals surface area contributed by atoms with Gasteiger partial charge in [-0.15, -0.1) is 0 Å². The Morgan fingerprint density at radius 3 is 2.31 bits per heavy atom. The van der Waals surface area contributed by atoms with Crippen LogP contribution in [0.1, 0.15) is 30.1 Å². The molecule has 0 aromatic heterocycles. The first-order valence-electron chi connectivity index (χ1n) is 9.92. The minimum absolute atomic E-state index is 0.0675. The maximum absolute atomic E-state index is 12.3. The molecule has 1 amide bonds. The second-order valence-corrected chi connectivity index (χ2v) is 9.40. The van der Waals surface area contributed by atoms with Gasteiger partial charge in [-0.05, 0) is 38.0 Å². The molecule has 1 aromatic carbocycles. The summed E-state index contributed by atoms with van der Waals surface area (Å²) in [5.74, 6) is -1.14. The van der Waals surface area contributed by atoms with Crippen molar-refractivity contribution >= 4 is 33.3 Å². The van der Waals surface area contributed by atoms with Gasteiger partial charge in [0.25, 0.3) is 0 Å². The molecule has 9 nitrogen and oxygen atoms in total. The molecule has 0 bridgehead atoms. The van der Waals surface area contributed by atoms with Gasteiger partial charge >= 0.3 is 5.97 Å². The van der Waals surface area contributed by atoms with Crippen molar-refractivity contribution < 1.29 is 23.1 Å². The number of carbonyl (C=O) groups is 2. The van der Waals surface area contributed by atoms with Gasteiger partial charge < -0.3 is 14.9 Å². The highest BCUT2D eigenvalue weighted by Gasteiger charge is 2.24. The Kier molecular flexibility index (Phi) is 6.63. The Morgan fingerprint density at radius 2 is 1.72 bits per heavy atom. The monoisotopic (exact) mass is 424 g/mol.